The highest BCUT2D eigenvalue weighted by Crippen LogP contribution is 2.28. The Balaban J connectivity index is 2.40. The van der Waals surface area contributed by atoms with Gasteiger partial charge in [-0.1, -0.05) is 11.6 Å². The second kappa shape index (κ2) is 5.08. The molecule has 6 heteroatoms. The first-order valence-corrected chi connectivity index (χ1v) is 5.95. The molecule has 1 N–H and O–H groups in total. The topological polar surface area (TPSA) is 37.8 Å². The molecule has 0 saturated heterocycles. The molecule has 94 valence electrons. The van der Waals surface area contributed by atoms with Crippen LogP contribution in [0.3, 0.4) is 0 Å². The molecule has 0 saturated carbocycles. The third-order valence-electron chi connectivity index (χ3n) is 2.44. The minimum absolute atomic E-state index is 0.137. The molecule has 0 bridgehead atoms. The van der Waals surface area contributed by atoms with Crippen molar-refractivity contribution < 1.29 is 4.39 Å². The molecular weight excluding hydrogens is 276 g/mol. The highest BCUT2D eigenvalue weighted by molar-refractivity contribution is 6.33. The first kappa shape index (κ1) is 13.1. The lowest BCUT2D eigenvalue weighted by molar-refractivity contribution is 0.619. The first-order valence-electron chi connectivity index (χ1n) is 5.19. The van der Waals surface area contributed by atoms with Crippen LogP contribution < -0.4 is 5.32 Å². The molecule has 0 amide bonds. The number of aryl methyl sites for hydroxylation is 2. The fraction of sp³-hybridized carbons (Fsp3) is 0.167. The van der Waals surface area contributed by atoms with Crippen molar-refractivity contribution in [2.45, 2.75) is 13.8 Å². The number of aromatic nitrogens is 2. The third kappa shape index (κ3) is 2.71. The predicted octanol–water partition coefficient (Wildman–Crippen LogP) is 4.28. The van der Waals surface area contributed by atoms with E-state index in [0.29, 0.717) is 17.1 Å². The van der Waals surface area contributed by atoms with Gasteiger partial charge >= 0.3 is 0 Å². The van der Waals surface area contributed by atoms with E-state index in [2.05, 4.69) is 15.3 Å². The Morgan fingerprint density at radius 2 is 1.89 bits per heavy atom. The summed E-state index contributed by atoms with van der Waals surface area (Å²) in [6, 6.07) is 2.88. The number of rotatable bonds is 2. The van der Waals surface area contributed by atoms with Gasteiger partial charge in [0.25, 0.3) is 0 Å². The van der Waals surface area contributed by atoms with Gasteiger partial charge < -0.3 is 5.32 Å². The van der Waals surface area contributed by atoms with Crippen molar-refractivity contribution in [2.24, 2.45) is 0 Å². The van der Waals surface area contributed by atoms with Crippen LogP contribution in [0.5, 0.6) is 0 Å². The Bertz CT molecular complexity index is 602. The van der Waals surface area contributed by atoms with Gasteiger partial charge in [-0.3, -0.25) is 0 Å². The average molecular weight is 286 g/mol. The van der Waals surface area contributed by atoms with Crippen LogP contribution in [-0.2, 0) is 0 Å². The van der Waals surface area contributed by atoms with Crippen LogP contribution in [0.25, 0.3) is 0 Å². The summed E-state index contributed by atoms with van der Waals surface area (Å²) < 4.78 is 13.3. The molecule has 18 heavy (non-hydrogen) atoms. The summed E-state index contributed by atoms with van der Waals surface area (Å²) >= 11 is 11.7. The molecule has 0 radical (unpaired) electrons. The van der Waals surface area contributed by atoms with Crippen molar-refractivity contribution in [1.82, 2.24) is 9.97 Å². The van der Waals surface area contributed by atoms with E-state index >= 15 is 0 Å². The second-order valence-corrected chi connectivity index (χ2v) is 4.62. The molecule has 2 aromatic rings. The number of halogens is 3. The van der Waals surface area contributed by atoms with Gasteiger partial charge in [0.15, 0.2) is 0 Å². The number of hydrogen-bond acceptors (Lipinski definition) is 3. The van der Waals surface area contributed by atoms with Gasteiger partial charge in [0.2, 0.25) is 5.28 Å². The fourth-order valence-corrected chi connectivity index (χ4v) is 1.76. The van der Waals surface area contributed by atoms with Crippen molar-refractivity contribution in [2.75, 3.05) is 5.32 Å². The Morgan fingerprint density at radius 3 is 2.61 bits per heavy atom. The number of benzene rings is 1. The molecule has 0 spiro atoms. The van der Waals surface area contributed by atoms with Crippen LogP contribution in [0.2, 0.25) is 10.3 Å². The van der Waals surface area contributed by atoms with E-state index in [4.69, 9.17) is 23.2 Å². The summed E-state index contributed by atoms with van der Waals surface area (Å²) in [6.07, 6.45) is 1.60. The average Bonchev–Trinajstić information content (AvgIpc) is 2.30. The molecule has 0 aliphatic heterocycles. The molecule has 0 aliphatic rings. The maximum absolute atomic E-state index is 13.3. The molecular formula is C12H10Cl2FN3. The Labute approximate surface area is 114 Å². The molecule has 1 aromatic heterocycles. The second-order valence-electron chi connectivity index (χ2n) is 3.88. The summed E-state index contributed by atoms with van der Waals surface area (Å²) in [7, 11) is 0. The van der Waals surface area contributed by atoms with Gasteiger partial charge in [0, 0.05) is 11.8 Å². The highest BCUT2D eigenvalue weighted by atomic mass is 35.5. The maximum atomic E-state index is 13.3. The van der Waals surface area contributed by atoms with Crippen molar-refractivity contribution >= 4 is 34.7 Å². The van der Waals surface area contributed by atoms with E-state index in [0.717, 1.165) is 5.56 Å². The minimum Gasteiger partial charge on any atom is -0.339 e. The fourth-order valence-electron chi connectivity index (χ4n) is 1.43. The number of hydrogen-bond donors (Lipinski definition) is 1. The van der Waals surface area contributed by atoms with Gasteiger partial charge in [-0.15, -0.1) is 0 Å². The summed E-state index contributed by atoms with van der Waals surface area (Å²) in [5.74, 6) is 0.200. The third-order valence-corrected chi connectivity index (χ3v) is 2.94. The van der Waals surface area contributed by atoms with Crippen molar-refractivity contribution in [3.8, 4) is 0 Å². The van der Waals surface area contributed by atoms with Crippen molar-refractivity contribution in [1.29, 1.82) is 0 Å². The zero-order chi connectivity index (χ0) is 13.3. The zero-order valence-corrected chi connectivity index (χ0v) is 11.3. The van der Waals surface area contributed by atoms with E-state index in [-0.39, 0.29) is 16.1 Å². The van der Waals surface area contributed by atoms with Crippen LogP contribution >= 0.6 is 23.2 Å². The van der Waals surface area contributed by atoms with Gasteiger partial charge in [-0.05, 0) is 43.1 Å². The van der Waals surface area contributed by atoms with Crippen LogP contribution in [-0.4, -0.2) is 9.97 Å². The molecule has 3 nitrogen and oxygen atoms in total. The normalized spacial score (nSPS) is 10.5. The van der Waals surface area contributed by atoms with E-state index in [1.54, 1.807) is 19.2 Å². The largest absolute Gasteiger partial charge is 0.339 e. The molecule has 1 aromatic carbocycles. The van der Waals surface area contributed by atoms with Crippen LogP contribution in [0.4, 0.5) is 15.9 Å². The van der Waals surface area contributed by atoms with Crippen LogP contribution in [0.1, 0.15) is 11.1 Å². The highest BCUT2D eigenvalue weighted by Gasteiger charge is 2.08. The lowest BCUT2D eigenvalue weighted by Crippen LogP contribution is -1.99. The lowest BCUT2D eigenvalue weighted by Gasteiger charge is -2.11. The Kier molecular flexibility index (Phi) is 3.68. The van der Waals surface area contributed by atoms with Gasteiger partial charge in [0.05, 0.1) is 10.7 Å². The number of anilines is 2. The van der Waals surface area contributed by atoms with Crippen molar-refractivity contribution in [3.05, 3.63) is 45.6 Å². The standard InChI is InChI=1S/C12H10Cl2FN3/c1-6-3-10(8(13)4-9(6)15)17-11-7(2)5-16-12(14)18-11/h3-5H,1-2H3,(H,16,17,18). The molecule has 0 fully saturated rings. The molecule has 2 rings (SSSR count). The number of nitrogens with zero attached hydrogens (tertiary/aromatic N) is 2. The quantitative estimate of drug-likeness (QED) is 0.837. The molecule has 1 heterocycles. The Morgan fingerprint density at radius 1 is 1.17 bits per heavy atom. The van der Waals surface area contributed by atoms with E-state index in [9.17, 15) is 4.39 Å². The zero-order valence-electron chi connectivity index (χ0n) is 9.76. The van der Waals surface area contributed by atoms with Crippen LogP contribution in [0.15, 0.2) is 18.3 Å². The molecule has 0 aliphatic carbocycles. The number of nitrogens with one attached hydrogen (secondary N) is 1. The molecule has 0 atom stereocenters. The smallest absolute Gasteiger partial charge is 0.224 e. The SMILES string of the molecule is Cc1cc(Nc2nc(Cl)ncc2C)c(Cl)cc1F. The summed E-state index contributed by atoms with van der Waals surface area (Å²) in [4.78, 5) is 7.91. The van der Waals surface area contributed by atoms with E-state index < -0.39 is 0 Å². The summed E-state index contributed by atoms with van der Waals surface area (Å²) in [6.45, 7) is 3.50. The van der Waals surface area contributed by atoms with Crippen LogP contribution in [0, 0.1) is 19.7 Å². The maximum Gasteiger partial charge on any atom is 0.224 e. The monoisotopic (exact) mass is 285 g/mol. The van der Waals surface area contributed by atoms with Gasteiger partial charge in [0.1, 0.15) is 11.6 Å². The lowest BCUT2D eigenvalue weighted by atomic mass is 10.2. The van der Waals surface area contributed by atoms with E-state index in [1.165, 1.54) is 6.07 Å². The van der Waals surface area contributed by atoms with Gasteiger partial charge in [-0.25, -0.2) is 14.4 Å². The molecule has 0 unspecified atom stereocenters. The Hall–Kier alpha value is -1.39. The van der Waals surface area contributed by atoms with Crippen molar-refractivity contribution in [3.63, 3.8) is 0 Å². The van der Waals surface area contributed by atoms with E-state index in [1.807, 2.05) is 6.92 Å². The predicted molar refractivity (Wildman–Crippen MR) is 71.2 cm³/mol. The summed E-state index contributed by atoms with van der Waals surface area (Å²) in [5, 5.41) is 3.44. The minimum atomic E-state index is -0.344. The first-order chi connectivity index (χ1) is 8.47. The van der Waals surface area contributed by atoms with Gasteiger partial charge in [-0.2, -0.15) is 0 Å². The summed E-state index contributed by atoms with van der Waals surface area (Å²) in [5.41, 5.74) is 1.89.